The smallest absolute Gasteiger partial charge is 0.332 e. The number of anilines is 2. The molecule has 2 aromatic carbocycles. The van der Waals surface area contributed by atoms with E-state index in [1.54, 1.807) is 48.5 Å². The Morgan fingerprint density at radius 2 is 1.89 bits per heavy atom. The van der Waals surface area contributed by atoms with Crippen LogP contribution in [0, 0.1) is 0 Å². The van der Waals surface area contributed by atoms with Crippen molar-refractivity contribution in [2.24, 2.45) is 0 Å². The van der Waals surface area contributed by atoms with E-state index < -0.39 is 18.0 Å². The van der Waals surface area contributed by atoms with E-state index in [9.17, 15) is 14.4 Å². The predicted molar refractivity (Wildman–Crippen MR) is 138 cm³/mol. The highest BCUT2D eigenvalue weighted by atomic mass is 16.5. The molecule has 190 valence electrons. The highest BCUT2D eigenvalue weighted by Crippen LogP contribution is 2.31. The van der Waals surface area contributed by atoms with Crippen LogP contribution in [0.25, 0.3) is 0 Å². The molecule has 1 N–H and O–H groups in total. The summed E-state index contributed by atoms with van der Waals surface area (Å²) >= 11 is 0. The molecule has 4 amide bonds. The lowest BCUT2D eigenvalue weighted by Crippen LogP contribution is -2.38. The van der Waals surface area contributed by atoms with Crippen molar-refractivity contribution < 1.29 is 23.9 Å². The molecule has 36 heavy (non-hydrogen) atoms. The van der Waals surface area contributed by atoms with Crippen molar-refractivity contribution in [3.63, 3.8) is 0 Å². The number of ether oxygens (including phenoxy) is 2. The van der Waals surface area contributed by atoms with Gasteiger partial charge in [-0.3, -0.25) is 9.59 Å². The molecule has 1 atom stereocenters. The lowest BCUT2D eigenvalue weighted by Gasteiger charge is -2.23. The second-order valence-corrected chi connectivity index (χ2v) is 8.93. The number of urea groups is 1. The van der Waals surface area contributed by atoms with Gasteiger partial charge in [0.15, 0.2) is 0 Å². The SMILES string of the molecule is CCOc1ccc(NC(=O)CC2C(=O)N(c3cccc(OC)c3)C(=O)N2CCC2=CCCCC2)cc1. The van der Waals surface area contributed by atoms with Crippen LogP contribution in [-0.2, 0) is 9.59 Å². The standard InChI is InChI=1S/C28H33N3O5/c1-3-36-23-14-12-21(13-15-23)29-26(32)19-25-27(33)31(22-10-7-11-24(18-22)35-2)28(34)30(25)17-16-20-8-5-4-6-9-20/h7-8,10-15,18,25H,3-6,9,16-17,19H2,1-2H3,(H,29,32). The largest absolute Gasteiger partial charge is 0.497 e. The first-order valence-electron chi connectivity index (χ1n) is 12.5. The predicted octanol–water partition coefficient (Wildman–Crippen LogP) is 5.15. The zero-order valence-electron chi connectivity index (χ0n) is 20.9. The van der Waals surface area contributed by atoms with Gasteiger partial charge in [0, 0.05) is 18.3 Å². The molecule has 1 aliphatic heterocycles. The summed E-state index contributed by atoms with van der Waals surface area (Å²) in [5.74, 6) is 0.514. The van der Waals surface area contributed by atoms with Crippen molar-refractivity contribution >= 4 is 29.2 Å². The van der Waals surface area contributed by atoms with Crippen molar-refractivity contribution in [2.45, 2.75) is 51.5 Å². The molecule has 1 unspecified atom stereocenters. The normalized spacial score (nSPS) is 17.7. The number of hydrogen-bond donors (Lipinski definition) is 1. The van der Waals surface area contributed by atoms with Gasteiger partial charge in [0.2, 0.25) is 5.91 Å². The zero-order valence-corrected chi connectivity index (χ0v) is 20.9. The summed E-state index contributed by atoms with van der Waals surface area (Å²) in [4.78, 5) is 42.6. The fraction of sp³-hybridized carbons (Fsp3) is 0.393. The first-order chi connectivity index (χ1) is 17.5. The van der Waals surface area contributed by atoms with Crippen LogP contribution in [-0.4, -0.2) is 49.0 Å². The fourth-order valence-electron chi connectivity index (χ4n) is 4.66. The van der Waals surface area contributed by atoms with Crippen LogP contribution < -0.4 is 19.7 Å². The van der Waals surface area contributed by atoms with Gasteiger partial charge in [-0.05, 0) is 75.4 Å². The van der Waals surface area contributed by atoms with Crippen molar-refractivity contribution in [2.75, 3.05) is 30.5 Å². The van der Waals surface area contributed by atoms with E-state index in [0.29, 0.717) is 42.4 Å². The lowest BCUT2D eigenvalue weighted by atomic mass is 9.97. The number of methoxy groups -OCH3 is 1. The number of carbonyl (C=O) groups is 3. The van der Waals surface area contributed by atoms with Crippen LogP contribution in [0.4, 0.5) is 16.2 Å². The van der Waals surface area contributed by atoms with Crippen molar-refractivity contribution in [1.29, 1.82) is 0 Å². The van der Waals surface area contributed by atoms with Crippen LogP contribution in [0.15, 0.2) is 60.2 Å². The minimum absolute atomic E-state index is 0.128. The summed E-state index contributed by atoms with van der Waals surface area (Å²) in [7, 11) is 1.53. The topological polar surface area (TPSA) is 88.2 Å². The molecule has 1 saturated heterocycles. The van der Waals surface area contributed by atoms with E-state index in [2.05, 4.69) is 11.4 Å². The maximum absolute atomic E-state index is 13.5. The number of carbonyl (C=O) groups excluding carboxylic acids is 3. The third-order valence-electron chi connectivity index (χ3n) is 6.52. The third kappa shape index (κ3) is 5.87. The maximum Gasteiger partial charge on any atom is 0.332 e. The van der Waals surface area contributed by atoms with Crippen molar-refractivity contribution in [3.8, 4) is 11.5 Å². The Morgan fingerprint density at radius 1 is 1.08 bits per heavy atom. The van der Waals surface area contributed by atoms with Crippen LogP contribution in [0.5, 0.6) is 11.5 Å². The van der Waals surface area contributed by atoms with E-state index in [0.717, 1.165) is 24.2 Å². The number of benzene rings is 2. The van der Waals surface area contributed by atoms with Crippen molar-refractivity contribution in [3.05, 3.63) is 60.2 Å². The number of amides is 4. The Labute approximate surface area is 211 Å². The molecule has 8 heteroatoms. The molecule has 2 aromatic rings. The van der Waals surface area contributed by atoms with Gasteiger partial charge in [0.25, 0.3) is 5.91 Å². The van der Waals surface area contributed by atoms with Gasteiger partial charge in [0.1, 0.15) is 17.5 Å². The van der Waals surface area contributed by atoms with E-state index >= 15 is 0 Å². The molecule has 0 aromatic heterocycles. The summed E-state index contributed by atoms with van der Waals surface area (Å²) in [5, 5.41) is 2.84. The highest BCUT2D eigenvalue weighted by molar-refractivity contribution is 6.22. The minimum Gasteiger partial charge on any atom is -0.497 e. The number of nitrogens with zero attached hydrogens (tertiary/aromatic N) is 2. The van der Waals surface area contributed by atoms with E-state index in [1.807, 2.05) is 6.92 Å². The summed E-state index contributed by atoms with van der Waals surface area (Å²) in [5.41, 5.74) is 2.34. The third-order valence-corrected chi connectivity index (χ3v) is 6.52. The molecule has 0 radical (unpaired) electrons. The molecule has 2 aliphatic rings. The van der Waals surface area contributed by atoms with Gasteiger partial charge < -0.3 is 19.7 Å². The Morgan fingerprint density at radius 3 is 2.58 bits per heavy atom. The Balaban J connectivity index is 1.52. The molecular formula is C28H33N3O5. The first kappa shape index (κ1) is 25.3. The fourth-order valence-corrected chi connectivity index (χ4v) is 4.66. The van der Waals surface area contributed by atoms with E-state index in [1.165, 1.54) is 24.0 Å². The summed E-state index contributed by atoms with van der Waals surface area (Å²) in [6.45, 7) is 2.85. The highest BCUT2D eigenvalue weighted by Gasteiger charge is 2.46. The summed E-state index contributed by atoms with van der Waals surface area (Å²) in [6.07, 6.45) is 7.19. The van der Waals surface area contributed by atoms with Gasteiger partial charge in [-0.2, -0.15) is 0 Å². The Bertz CT molecular complexity index is 1130. The summed E-state index contributed by atoms with van der Waals surface area (Å²) < 4.78 is 10.7. The molecular weight excluding hydrogens is 458 g/mol. The first-order valence-corrected chi connectivity index (χ1v) is 12.5. The van der Waals surface area contributed by atoms with Gasteiger partial charge in [-0.25, -0.2) is 9.69 Å². The molecule has 4 rings (SSSR count). The molecule has 1 fully saturated rings. The molecule has 1 aliphatic carbocycles. The van der Waals surface area contributed by atoms with E-state index in [-0.39, 0.29) is 12.3 Å². The summed E-state index contributed by atoms with van der Waals surface area (Å²) in [6, 6.07) is 12.6. The maximum atomic E-state index is 13.5. The number of nitrogens with one attached hydrogen (secondary N) is 1. The lowest BCUT2D eigenvalue weighted by molar-refractivity contribution is -0.124. The number of imide groups is 1. The Hall–Kier alpha value is -3.81. The van der Waals surface area contributed by atoms with Crippen LogP contribution in [0.2, 0.25) is 0 Å². The molecule has 1 heterocycles. The van der Waals surface area contributed by atoms with Crippen molar-refractivity contribution in [1.82, 2.24) is 4.90 Å². The Kier molecular flexibility index (Phi) is 8.25. The van der Waals surface area contributed by atoms with Gasteiger partial charge >= 0.3 is 6.03 Å². The van der Waals surface area contributed by atoms with E-state index in [4.69, 9.17) is 9.47 Å². The van der Waals surface area contributed by atoms with Gasteiger partial charge in [0.05, 0.1) is 25.8 Å². The molecule has 0 bridgehead atoms. The quantitative estimate of drug-likeness (QED) is 0.367. The van der Waals surface area contributed by atoms with Gasteiger partial charge in [-0.1, -0.05) is 17.7 Å². The second-order valence-electron chi connectivity index (χ2n) is 8.93. The van der Waals surface area contributed by atoms with Crippen LogP contribution in [0.1, 0.15) is 45.4 Å². The van der Waals surface area contributed by atoms with Crippen LogP contribution >= 0.6 is 0 Å². The second kappa shape index (κ2) is 11.7. The number of rotatable bonds is 10. The molecule has 0 saturated carbocycles. The minimum atomic E-state index is -0.879. The molecule has 8 nitrogen and oxygen atoms in total. The monoisotopic (exact) mass is 491 g/mol. The van der Waals surface area contributed by atoms with Crippen LogP contribution in [0.3, 0.4) is 0 Å². The molecule has 0 spiro atoms. The average Bonchev–Trinajstić information content (AvgIpc) is 3.13. The zero-order chi connectivity index (χ0) is 25.5. The average molecular weight is 492 g/mol. The van der Waals surface area contributed by atoms with Gasteiger partial charge in [-0.15, -0.1) is 0 Å². The number of allylic oxidation sites excluding steroid dienone is 1. The number of hydrogen-bond acceptors (Lipinski definition) is 5.